The molecule has 0 atom stereocenters. The first-order valence-electron chi connectivity index (χ1n) is 6.68. The van der Waals surface area contributed by atoms with E-state index in [0.29, 0.717) is 6.61 Å². The van der Waals surface area contributed by atoms with Crippen LogP contribution in [0.2, 0.25) is 0 Å². The molecule has 3 nitrogen and oxygen atoms in total. The normalized spacial score (nSPS) is 11.6. The van der Waals surface area contributed by atoms with Crippen LogP contribution in [0.4, 0.5) is 0 Å². The molecular formula is C13H30N2O. The quantitative estimate of drug-likeness (QED) is 0.548. The molecule has 0 aromatic carbocycles. The van der Waals surface area contributed by atoms with Crippen molar-refractivity contribution in [3.8, 4) is 0 Å². The van der Waals surface area contributed by atoms with Crippen molar-refractivity contribution in [1.29, 1.82) is 0 Å². The van der Waals surface area contributed by atoms with E-state index in [-0.39, 0.29) is 0 Å². The first-order chi connectivity index (χ1) is 7.70. The molecule has 0 saturated carbocycles. The molecule has 0 bridgehead atoms. The third-order valence-corrected chi connectivity index (χ3v) is 2.91. The summed E-state index contributed by atoms with van der Waals surface area (Å²) in [5, 5.41) is 8.67. The predicted octanol–water partition coefficient (Wildman–Crippen LogP) is 1.81. The minimum absolute atomic E-state index is 0.348. The lowest BCUT2D eigenvalue weighted by Crippen LogP contribution is -2.28. The van der Waals surface area contributed by atoms with Gasteiger partial charge < -0.3 is 14.9 Å². The van der Waals surface area contributed by atoms with Gasteiger partial charge in [0, 0.05) is 6.61 Å². The topological polar surface area (TPSA) is 26.7 Å². The Hall–Kier alpha value is -0.120. The summed E-state index contributed by atoms with van der Waals surface area (Å²) < 4.78 is 0. The number of unbranched alkanes of at least 4 members (excludes halogenated alkanes) is 3. The highest BCUT2D eigenvalue weighted by molar-refractivity contribution is 4.57. The predicted molar refractivity (Wildman–Crippen MR) is 70.8 cm³/mol. The highest BCUT2D eigenvalue weighted by Gasteiger charge is 2.01. The van der Waals surface area contributed by atoms with Crippen LogP contribution < -0.4 is 0 Å². The van der Waals surface area contributed by atoms with Crippen molar-refractivity contribution in [2.45, 2.75) is 39.0 Å². The Morgan fingerprint density at radius 2 is 1.44 bits per heavy atom. The van der Waals surface area contributed by atoms with Crippen molar-refractivity contribution >= 4 is 0 Å². The van der Waals surface area contributed by atoms with Gasteiger partial charge in [0.1, 0.15) is 0 Å². The van der Waals surface area contributed by atoms with Crippen molar-refractivity contribution in [2.75, 3.05) is 46.9 Å². The second-order valence-electron chi connectivity index (χ2n) is 4.73. The van der Waals surface area contributed by atoms with Crippen LogP contribution >= 0.6 is 0 Å². The summed E-state index contributed by atoms with van der Waals surface area (Å²) in [6, 6.07) is 0. The number of aliphatic hydroxyl groups excluding tert-OH is 1. The zero-order valence-electron chi connectivity index (χ0n) is 11.4. The molecular weight excluding hydrogens is 200 g/mol. The molecule has 0 aromatic rings. The van der Waals surface area contributed by atoms with Gasteiger partial charge in [-0.05, 0) is 59.5 Å². The Labute approximate surface area is 101 Å². The van der Waals surface area contributed by atoms with Gasteiger partial charge in [-0.3, -0.25) is 0 Å². The van der Waals surface area contributed by atoms with Crippen LogP contribution in [0.5, 0.6) is 0 Å². The highest BCUT2D eigenvalue weighted by atomic mass is 16.2. The van der Waals surface area contributed by atoms with Crippen molar-refractivity contribution in [1.82, 2.24) is 9.80 Å². The minimum Gasteiger partial charge on any atom is -0.396 e. The lowest BCUT2D eigenvalue weighted by Gasteiger charge is -2.21. The third kappa shape index (κ3) is 10.4. The van der Waals surface area contributed by atoms with Crippen molar-refractivity contribution in [3.05, 3.63) is 0 Å². The summed E-state index contributed by atoms with van der Waals surface area (Å²) >= 11 is 0. The fourth-order valence-electron chi connectivity index (χ4n) is 1.84. The van der Waals surface area contributed by atoms with E-state index in [1.165, 1.54) is 45.3 Å². The number of hydrogen-bond donors (Lipinski definition) is 1. The Morgan fingerprint density at radius 1 is 0.812 bits per heavy atom. The van der Waals surface area contributed by atoms with Gasteiger partial charge in [0.05, 0.1) is 0 Å². The fourth-order valence-corrected chi connectivity index (χ4v) is 1.84. The average Bonchev–Trinajstić information content (AvgIpc) is 2.26. The van der Waals surface area contributed by atoms with E-state index < -0.39 is 0 Å². The van der Waals surface area contributed by atoms with Gasteiger partial charge in [0.2, 0.25) is 0 Å². The first kappa shape index (κ1) is 15.9. The molecule has 0 radical (unpaired) electrons. The largest absolute Gasteiger partial charge is 0.396 e. The second-order valence-corrected chi connectivity index (χ2v) is 4.73. The van der Waals surface area contributed by atoms with E-state index in [1.54, 1.807) is 0 Å². The maximum Gasteiger partial charge on any atom is 0.0431 e. The Morgan fingerprint density at radius 3 is 2.00 bits per heavy atom. The zero-order valence-corrected chi connectivity index (χ0v) is 11.4. The van der Waals surface area contributed by atoms with Crippen LogP contribution in [0.15, 0.2) is 0 Å². The van der Waals surface area contributed by atoms with Gasteiger partial charge in [-0.15, -0.1) is 0 Å². The maximum absolute atomic E-state index is 8.67. The standard InChI is InChI=1S/C13H30N2O/c1-4-15(12-9-10-14(2)3)11-7-5-6-8-13-16/h16H,4-13H2,1-3H3. The third-order valence-electron chi connectivity index (χ3n) is 2.91. The minimum atomic E-state index is 0.348. The van der Waals surface area contributed by atoms with Crippen molar-refractivity contribution < 1.29 is 5.11 Å². The molecule has 0 rings (SSSR count). The van der Waals surface area contributed by atoms with E-state index >= 15 is 0 Å². The number of aliphatic hydroxyl groups is 1. The second kappa shape index (κ2) is 11.4. The van der Waals surface area contributed by atoms with E-state index in [9.17, 15) is 0 Å². The van der Waals surface area contributed by atoms with Crippen LogP contribution in [0.25, 0.3) is 0 Å². The van der Waals surface area contributed by atoms with Gasteiger partial charge in [-0.25, -0.2) is 0 Å². The van der Waals surface area contributed by atoms with Crippen molar-refractivity contribution in [2.24, 2.45) is 0 Å². The molecule has 98 valence electrons. The number of hydrogen-bond acceptors (Lipinski definition) is 3. The van der Waals surface area contributed by atoms with Gasteiger partial charge in [-0.2, -0.15) is 0 Å². The summed E-state index contributed by atoms with van der Waals surface area (Å²) in [5.41, 5.74) is 0. The molecule has 0 aliphatic rings. The van der Waals surface area contributed by atoms with Gasteiger partial charge in [0.25, 0.3) is 0 Å². The van der Waals surface area contributed by atoms with E-state index in [4.69, 9.17) is 5.11 Å². The first-order valence-corrected chi connectivity index (χ1v) is 6.68. The SMILES string of the molecule is CCN(CCCCCCO)CCCN(C)C. The molecule has 0 amide bonds. The molecule has 0 aromatic heterocycles. The average molecular weight is 230 g/mol. The summed E-state index contributed by atoms with van der Waals surface area (Å²) in [4.78, 5) is 4.78. The van der Waals surface area contributed by atoms with Crippen LogP contribution in [-0.2, 0) is 0 Å². The molecule has 16 heavy (non-hydrogen) atoms. The van der Waals surface area contributed by atoms with Gasteiger partial charge in [-0.1, -0.05) is 19.8 Å². The molecule has 0 spiro atoms. The monoisotopic (exact) mass is 230 g/mol. The molecule has 0 saturated heterocycles. The van der Waals surface area contributed by atoms with Crippen LogP contribution in [0.1, 0.15) is 39.0 Å². The smallest absolute Gasteiger partial charge is 0.0431 e. The fraction of sp³-hybridized carbons (Fsp3) is 1.00. The molecule has 0 aliphatic carbocycles. The summed E-state index contributed by atoms with van der Waals surface area (Å²) in [5.74, 6) is 0. The Kier molecular flexibility index (Phi) is 11.3. The summed E-state index contributed by atoms with van der Waals surface area (Å²) in [6.45, 7) is 7.36. The lowest BCUT2D eigenvalue weighted by molar-refractivity contribution is 0.255. The van der Waals surface area contributed by atoms with E-state index in [0.717, 1.165) is 13.0 Å². The Balaban J connectivity index is 3.36. The molecule has 0 fully saturated rings. The molecule has 0 unspecified atom stereocenters. The maximum atomic E-state index is 8.67. The van der Waals surface area contributed by atoms with Crippen LogP contribution in [0, 0.1) is 0 Å². The number of rotatable bonds is 11. The number of nitrogens with zero attached hydrogens (tertiary/aromatic N) is 2. The summed E-state index contributed by atoms with van der Waals surface area (Å²) in [6.07, 6.45) is 5.93. The highest BCUT2D eigenvalue weighted by Crippen LogP contribution is 2.02. The van der Waals surface area contributed by atoms with Crippen molar-refractivity contribution in [3.63, 3.8) is 0 Å². The molecule has 3 heteroatoms. The molecule has 1 N–H and O–H groups in total. The van der Waals surface area contributed by atoms with E-state index in [1.807, 2.05) is 0 Å². The van der Waals surface area contributed by atoms with Gasteiger partial charge in [0.15, 0.2) is 0 Å². The lowest BCUT2D eigenvalue weighted by atomic mass is 10.2. The van der Waals surface area contributed by atoms with Crippen LogP contribution in [0.3, 0.4) is 0 Å². The van der Waals surface area contributed by atoms with Crippen LogP contribution in [-0.4, -0.2) is 61.8 Å². The van der Waals surface area contributed by atoms with Gasteiger partial charge >= 0.3 is 0 Å². The van der Waals surface area contributed by atoms with E-state index in [2.05, 4.69) is 30.8 Å². The summed E-state index contributed by atoms with van der Waals surface area (Å²) in [7, 11) is 4.26. The zero-order chi connectivity index (χ0) is 12.2. The Bertz CT molecular complexity index is 140. The molecule has 0 heterocycles. The molecule has 0 aliphatic heterocycles.